The number of hydrogen-bond donors (Lipinski definition) is 2. The quantitative estimate of drug-likeness (QED) is 0.173. The predicted octanol–water partition coefficient (Wildman–Crippen LogP) is 6.05. The molecule has 1 amide bonds. The Kier molecular flexibility index (Phi) is 12.9. The monoisotopic (exact) mass is 650 g/mol. The van der Waals surface area contributed by atoms with Gasteiger partial charge in [-0.05, 0) is 38.3 Å². The zero-order valence-corrected chi connectivity index (χ0v) is 25.4. The number of carboxylic acids is 1. The third-order valence-electron chi connectivity index (χ3n) is 5.43. The van der Waals surface area contributed by atoms with Crippen molar-refractivity contribution >= 4 is 35.9 Å². The van der Waals surface area contributed by atoms with Gasteiger partial charge in [-0.2, -0.15) is 17.6 Å². The standard InChI is InChI=1S/C27H34F3N2O9PS/c1-26(2,3)41-25(35)32-22(24(33)34)15-17-31-43(37,38)23(14-16-27(28,29)30)42(36,39-18-20-10-6-4-7-11-20)40-19-21-12-8-5-9-13-21/h4-13,17,22-23H,14-16,18-19H2,1-3H3,(H,32,35)(H,33,34)/b31-17+/t22-,23-/m0/s1. The minimum Gasteiger partial charge on any atom is -0.480 e. The Labute approximate surface area is 248 Å². The Morgan fingerprint density at radius 3 is 1.88 bits per heavy atom. The number of nitrogens with one attached hydrogen (secondary N) is 1. The Balaban J connectivity index is 2.39. The first-order valence-corrected chi connectivity index (χ1v) is 16.0. The van der Waals surface area contributed by atoms with Gasteiger partial charge >= 0.3 is 25.8 Å². The second-order valence-corrected chi connectivity index (χ2v) is 14.6. The van der Waals surface area contributed by atoms with Crippen molar-refractivity contribution in [3.8, 4) is 0 Å². The highest BCUT2D eigenvalue weighted by atomic mass is 32.2. The van der Waals surface area contributed by atoms with E-state index in [-0.39, 0.29) is 0 Å². The lowest BCUT2D eigenvalue weighted by molar-refractivity contribution is -0.139. The van der Waals surface area contributed by atoms with E-state index in [9.17, 15) is 40.8 Å². The molecule has 0 aromatic heterocycles. The molecule has 0 saturated carbocycles. The number of ether oxygens (including phenoxy) is 1. The molecule has 0 aliphatic heterocycles. The van der Waals surface area contributed by atoms with E-state index < -0.39 is 85.0 Å². The average Bonchev–Trinajstić information content (AvgIpc) is 2.89. The van der Waals surface area contributed by atoms with E-state index >= 15 is 0 Å². The Morgan fingerprint density at radius 1 is 0.977 bits per heavy atom. The summed E-state index contributed by atoms with van der Waals surface area (Å²) in [5.41, 5.74) is -0.0743. The zero-order valence-electron chi connectivity index (χ0n) is 23.7. The number of sulfonamides is 1. The second kappa shape index (κ2) is 15.5. The predicted molar refractivity (Wildman–Crippen MR) is 152 cm³/mol. The molecule has 0 radical (unpaired) electrons. The molecule has 238 valence electrons. The maximum Gasteiger partial charge on any atom is 0.408 e. The maximum atomic E-state index is 14.1. The van der Waals surface area contributed by atoms with Gasteiger partial charge in [0.15, 0.2) is 4.99 Å². The topological polar surface area (TPSA) is 158 Å². The van der Waals surface area contributed by atoms with E-state index in [2.05, 4.69) is 4.40 Å². The Hall–Kier alpha value is -3.26. The number of nitrogens with zero attached hydrogens (tertiary/aromatic N) is 1. The SMILES string of the molecule is CC(C)(C)OC(=O)N[C@@H](C/C=N/S(=O)(=O)[C@@H](CCC(F)(F)F)P(=O)(OCc1ccccc1)OCc1ccccc1)C(=O)O. The fourth-order valence-corrected chi connectivity index (χ4v) is 7.63. The normalized spacial score (nSPS) is 14.3. The number of amides is 1. The summed E-state index contributed by atoms with van der Waals surface area (Å²) in [7, 11) is -9.98. The van der Waals surface area contributed by atoms with Crippen molar-refractivity contribution in [1.29, 1.82) is 0 Å². The first kappa shape index (κ1) is 35.9. The highest BCUT2D eigenvalue weighted by molar-refractivity contribution is 7.97. The number of carboxylic acid groups (broad SMARTS) is 1. The number of hydrogen-bond acceptors (Lipinski definition) is 8. The number of aliphatic carboxylic acids is 1. The molecule has 11 nitrogen and oxygen atoms in total. The van der Waals surface area contributed by atoms with Gasteiger partial charge in [0.25, 0.3) is 10.0 Å². The van der Waals surface area contributed by atoms with Crippen molar-refractivity contribution < 1.29 is 54.6 Å². The van der Waals surface area contributed by atoms with Crippen LogP contribution in [0.1, 0.15) is 51.2 Å². The van der Waals surface area contributed by atoms with Crippen LogP contribution >= 0.6 is 7.60 Å². The zero-order chi connectivity index (χ0) is 32.3. The summed E-state index contributed by atoms with van der Waals surface area (Å²) in [5, 5.41) is 11.5. The molecule has 0 aliphatic carbocycles. The van der Waals surface area contributed by atoms with E-state index in [0.717, 1.165) is 0 Å². The Bertz CT molecular complexity index is 1340. The fraction of sp³-hybridized carbons (Fsp3) is 0.444. The number of carbonyl (C=O) groups excluding carboxylic acids is 1. The van der Waals surface area contributed by atoms with Crippen molar-refractivity contribution in [2.75, 3.05) is 0 Å². The number of halogens is 3. The first-order chi connectivity index (χ1) is 19.9. The molecule has 2 N–H and O–H groups in total. The molecule has 2 atom stereocenters. The Morgan fingerprint density at radius 2 is 1.47 bits per heavy atom. The van der Waals surface area contributed by atoms with E-state index in [1.54, 1.807) is 60.7 Å². The van der Waals surface area contributed by atoms with E-state index in [0.29, 0.717) is 17.3 Å². The number of alkyl carbamates (subject to hydrolysis) is 1. The molecule has 2 aromatic carbocycles. The number of rotatable bonds is 15. The number of benzene rings is 2. The lowest BCUT2D eigenvalue weighted by atomic mass is 10.2. The van der Waals surface area contributed by atoms with Crippen LogP contribution in [0.5, 0.6) is 0 Å². The van der Waals surface area contributed by atoms with Crippen LogP contribution in [-0.2, 0) is 46.4 Å². The molecular weight excluding hydrogens is 616 g/mol. The molecule has 0 bridgehead atoms. The molecule has 2 aromatic rings. The van der Waals surface area contributed by atoms with Crippen LogP contribution in [0.2, 0.25) is 0 Å². The highest BCUT2D eigenvalue weighted by Crippen LogP contribution is 2.58. The van der Waals surface area contributed by atoms with Gasteiger partial charge in [0.2, 0.25) is 0 Å². The fourth-order valence-electron chi connectivity index (χ4n) is 3.43. The van der Waals surface area contributed by atoms with E-state index in [4.69, 9.17) is 13.8 Å². The number of alkyl halides is 3. The van der Waals surface area contributed by atoms with Gasteiger partial charge < -0.3 is 24.2 Å². The summed E-state index contributed by atoms with van der Waals surface area (Å²) < 4.78 is 99.7. The van der Waals surface area contributed by atoms with Crippen LogP contribution in [-0.4, -0.2) is 54.6 Å². The molecule has 2 rings (SSSR count). The van der Waals surface area contributed by atoms with E-state index in [1.165, 1.54) is 20.8 Å². The van der Waals surface area contributed by atoms with Crippen molar-refractivity contribution in [3.05, 3.63) is 71.8 Å². The van der Waals surface area contributed by atoms with Gasteiger partial charge in [-0.3, -0.25) is 4.57 Å². The minimum absolute atomic E-state index is 0.444. The van der Waals surface area contributed by atoms with Crippen LogP contribution < -0.4 is 5.32 Å². The maximum absolute atomic E-state index is 14.1. The lowest BCUT2D eigenvalue weighted by Crippen LogP contribution is -2.43. The van der Waals surface area contributed by atoms with Crippen LogP contribution in [0.4, 0.5) is 18.0 Å². The minimum atomic E-state index is -5.07. The smallest absolute Gasteiger partial charge is 0.408 e. The third kappa shape index (κ3) is 13.3. The average molecular weight is 651 g/mol. The summed E-state index contributed by atoms with van der Waals surface area (Å²) in [6.07, 6.45) is -8.91. The first-order valence-electron chi connectivity index (χ1n) is 12.9. The highest BCUT2D eigenvalue weighted by Gasteiger charge is 2.47. The van der Waals surface area contributed by atoms with Crippen molar-refractivity contribution in [3.63, 3.8) is 0 Å². The number of carbonyl (C=O) groups is 2. The second-order valence-electron chi connectivity index (χ2n) is 10.2. The summed E-state index contributed by atoms with van der Waals surface area (Å²) in [4.78, 5) is 21.2. The molecule has 0 fully saturated rings. The van der Waals surface area contributed by atoms with Crippen LogP contribution in [0, 0.1) is 0 Å². The van der Waals surface area contributed by atoms with Crippen molar-refractivity contribution in [2.45, 2.75) is 76.1 Å². The largest absolute Gasteiger partial charge is 0.480 e. The summed E-state index contributed by atoms with van der Waals surface area (Å²) in [6.45, 7) is 3.71. The van der Waals surface area contributed by atoms with Crippen LogP contribution in [0.15, 0.2) is 65.1 Å². The summed E-state index contributed by atoms with van der Waals surface area (Å²) in [5.74, 6) is -1.56. The molecule has 16 heteroatoms. The van der Waals surface area contributed by atoms with Crippen molar-refractivity contribution in [1.82, 2.24) is 5.32 Å². The van der Waals surface area contributed by atoms with Gasteiger partial charge in [-0.1, -0.05) is 60.7 Å². The molecular formula is C27H34F3N2O9PS. The van der Waals surface area contributed by atoms with Crippen molar-refractivity contribution in [2.24, 2.45) is 4.40 Å². The molecule has 0 saturated heterocycles. The lowest BCUT2D eigenvalue weighted by Gasteiger charge is -2.26. The third-order valence-corrected chi connectivity index (χ3v) is 10.3. The van der Waals surface area contributed by atoms with Gasteiger partial charge in [0.1, 0.15) is 11.6 Å². The van der Waals surface area contributed by atoms with Gasteiger partial charge in [-0.15, -0.1) is 0 Å². The van der Waals surface area contributed by atoms with Gasteiger partial charge in [-0.25, -0.2) is 18.0 Å². The molecule has 0 spiro atoms. The molecule has 43 heavy (non-hydrogen) atoms. The summed E-state index contributed by atoms with van der Waals surface area (Å²) >= 11 is 0. The van der Waals surface area contributed by atoms with Crippen LogP contribution in [0.3, 0.4) is 0 Å². The van der Waals surface area contributed by atoms with E-state index in [1.807, 2.05) is 5.32 Å². The van der Waals surface area contributed by atoms with Gasteiger partial charge in [0, 0.05) is 19.1 Å². The molecule has 0 aliphatic rings. The summed E-state index contributed by atoms with van der Waals surface area (Å²) in [6, 6.07) is 14.5. The van der Waals surface area contributed by atoms with Gasteiger partial charge in [0.05, 0.1) is 13.2 Å². The molecule has 0 unspecified atom stereocenters. The van der Waals surface area contributed by atoms with Crippen LogP contribution in [0.25, 0.3) is 0 Å². The molecule has 0 heterocycles.